The van der Waals surface area contributed by atoms with E-state index in [-0.39, 0.29) is 6.54 Å². The highest BCUT2D eigenvalue weighted by Gasteiger charge is 2.10. The molecule has 0 saturated carbocycles. The summed E-state index contributed by atoms with van der Waals surface area (Å²) in [6.07, 6.45) is 0. The molecule has 2 rings (SSSR count). The first-order chi connectivity index (χ1) is 9.99. The Labute approximate surface area is 126 Å². The lowest BCUT2D eigenvalue weighted by molar-refractivity contribution is -0.141. The molecule has 0 unspecified atom stereocenters. The van der Waals surface area contributed by atoms with E-state index in [4.69, 9.17) is 4.74 Å². The van der Waals surface area contributed by atoms with Crippen molar-refractivity contribution >= 4 is 38.7 Å². The summed E-state index contributed by atoms with van der Waals surface area (Å²) in [5.41, 5.74) is 3.19. The highest BCUT2D eigenvalue weighted by molar-refractivity contribution is 7.22. The van der Waals surface area contributed by atoms with Gasteiger partial charge in [-0.2, -0.15) is 0 Å². The number of fused-ring (bicyclic) bond motifs is 1. The first-order valence-electron chi connectivity index (χ1n) is 6.58. The third-order valence-electron chi connectivity index (χ3n) is 2.92. The van der Waals surface area contributed by atoms with E-state index in [1.165, 1.54) is 16.9 Å². The summed E-state index contributed by atoms with van der Waals surface area (Å²) in [6, 6.07) is 3.56. The molecule has 6 nitrogen and oxygen atoms in total. The highest BCUT2D eigenvalue weighted by Crippen LogP contribution is 2.28. The zero-order chi connectivity index (χ0) is 15.4. The van der Waals surface area contributed by atoms with Gasteiger partial charge in [0.05, 0.1) is 16.8 Å². The fourth-order valence-corrected chi connectivity index (χ4v) is 2.68. The second-order valence-corrected chi connectivity index (χ2v) is 5.57. The van der Waals surface area contributed by atoms with Crippen molar-refractivity contribution in [2.24, 2.45) is 0 Å². The van der Waals surface area contributed by atoms with Gasteiger partial charge in [-0.25, -0.2) is 9.78 Å². The van der Waals surface area contributed by atoms with Crippen LogP contribution < -0.4 is 10.6 Å². The normalized spacial score (nSPS) is 10.4. The number of thiazole rings is 1. The summed E-state index contributed by atoms with van der Waals surface area (Å²) >= 11 is 1.39. The van der Waals surface area contributed by atoms with Crippen LogP contribution in [0, 0.1) is 13.8 Å². The van der Waals surface area contributed by atoms with Crippen LogP contribution in [0.3, 0.4) is 0 Å². The number of hydrogen-bond donors (Lipinski definition) is 2. The van der Waals surface area contributed by atoms with E-state index < -0.39 is 12.0 Å². The SMILES string of the molecule is CCOC(=O)CNC(=O)Nc1nc2cc(C)c(C)cc2s1. The molecule has 21 heavy (non-hydrogen) atoms. The molecule has 112 valence electrons. The molecule has 7 heteroatoms. The molecule has 0 fully saturated rings. The van der Waals surface area contributed by atoms with Crippen LogP contribution in [-0.2, 0) is 9.53 Å². The van der Waals surface area contributed by atoms with Gasteiger partial charge in [0.1, 0.15) is 6.54 Å². The molecule has 0 saturated heterocycles. The summed E-state index contributed by atoms with van der Waals surface area (Å²) in [5.74, 6) is -0.469. The fourth-order valence-electron chi connectivity index (χ4n) is 1.74. The molecule has 0 spiro atoms. The maximum absolute atomic E-state index is 11.7. The van der Waals surface area contributed by atoms with Gasteiger partial charge in [0.15, 0.2) is 5.13 Å². The first-order valence-corrected chi connectivity index (χ1v) is 7.39. The van der Waals surface area contributed by atoms with Gasteiger partial charge in [-0.05, 0) is 44.0 Å². The average Bonchev–Trinajstić information content (AvgIpc) is 2.78. The zero-order valence-electron chi connectivity index (χ0n) is 12.1. The second kappa shape index (κ2) is 6.53. The van der Waals surface area contributed by atoms with Crippen LogP contribution in [0.5, 0.6) is 0 Å². The van der Waals surface area contributed by atoms with Crippen LogP contribution in [0.25, 0.3) is 10.2 Å². The third kappa shape index (κ3) is 3.91. The van der Waals surface area contributed by atoms with E-state index in [9.17, 15) is 9.59 Å². The molecule has 0 aliphatic heterocycles. The number of urea groups is 1. The summed E-state index contributed by atoms with van der Waals surface area (Å²) < 4.78 is 5.74. The number of amides is 2. The third-order valence-corrected chi connectivity index (χ3v) is 3.86. The van der Waals surface area contributed by atoms with Crippen LogP contribution in [0.15, 0.2) is 12.1 Å². The van der Waals surface area contributed by atoms with Crippen molar-refractivity contribution < 1.29 is 14.3 Å². The topological polar surface area (TPSA) is 80.3 Å². The number of esters is 1. The summed E-state index contributed by atoms with van der Waals surface area (Å²) in [5, 5.41) is 5.54. The van der Waals surface area contributed by atoms with E-state index >= 15 is 0 Å². The molecule has 2 amide bonds. The standard InChI is InChI=1S/C14H17N3O3S/c1-4-20-12(18)7-15-13(19)17-14-16-10-5-8(2)9(3)6-11(10)21-14/h5-6H,4,7H2,1-3H3,(H2,15,16,17,19). The lowest BCUT2D eigenvalue weighted by Crippen LogP contribution is -2.34. The Hall–Kier alpha value is -2.15. The number of rotatable bonds is 4. The number of nitrogens with one attached hydrogen (secondary N) is 2. The second-order valence-electron chi connectivity index (χ2n) is 4.54. The van der Waals surface area contributed by atoms with Crippen molar-refractivity contribution in [1.29, 1.82) is 0 Å². The van der Waals surface area contributed by atoms with Gasteiger partial charge in [0, 0.05) is 0 Å². The Bertz CT molecular complexity index is 642. The number of carbonyl (C=O) groups is 2. The smallest absolute Gasteiger partial charge is 0.325 e. The Morgan fingerprint density at radius 3 is 2.71 bits per heavy atom. The minimum atomic E-state index is -0.476. The Balaban J connectivity index is 1.99. The van der Waals surface area contributed by atoms with Gasteiger partial charge in [-0.1, -0.05) is 11.3 Å². The average molecular weight is 307 g/mol. The van der Waals surface area contributed by atoms with Crippen molar-refractivity contribution in [3.8, 4) is 0 Å². The van der Waals surface area contributed by atoms with Crippen molar-refractivity contribution in [3.63, 3.8) is 0 Å². The molecule has 1 heterocycles. The largest absolute Gasteiger partial charge is 0.465 e. The molecule has 0 aliphatic rings. The molecule has 1 aromatic heterocycles. The Morgan fingerprint density at radius 2 is 2.00 bits per heavy atom. The predicted molar refractivity (Wildman–Crippen MR) is 82.7 cm³/mol. The van der Waals surface area contributed by atoms with Crippen LogP contribution in [0.4, 0.5) is 9.93 Å². The predicted octanol–water partition coefficient (Wildman–Crippen LogP) is 2.60. The minimum Gasteiger partial charge on any atom is -0.465 e. The summed E-state index contributed by atoms with van der Waals surface area (Å²) in [7, 11) is 0. The van der Waals surface area contributed by atoms with E-state index in [0.717, 1.165) is 15.8 Å². The molecule has 1 aromatic carbocycles. The van der Waals surface area contributed by atoms with Crippen LogP contribution in [0.1, 0.15) is 18.1 Å². The zero-order valence-corrected chi connectivity index (χ0v) is 13.0. The molecule has 0 atom stereocenters. The van der Waals surface area contributed by atoms with E-state index in [0.29, 0.717) is 11.7 Å². The summed E-state index contributed by atoms with van der Waals surface area (Å²) in [4.78, 5) is 27.2. The van der Waals surface area contributed by atoms with Crippen LogP contribution >= 0.6 is 11.3 Å². The van der Waals surface area contributed by atoms with Gasteiger partial charge in [0.25, 0.3) is 0 Å². The van der Waals surface area contributed by atoms with Crippen LogP contribution in [-0.4, -0.2) is 30.1 Å². The number of benzene rings is 1. The van der Waals surface area contributed by atoms with E-state index in [1.807, 2.05) is 26.0 Å². The number of aromatic nitrogens is 1. The first kappa shape index (κ1) is 15.2. The maximum atomic E-state index is 11.7. The highest BCUT2D eigenvalue weighted by atomic mass is 32.1. The van der Waals surface area contributed by atoms with Crippen molar-refractivity contribution in [2.45, 2.75) is 20.8 Å². The Kier molecular flexibility index (Phi) is 4.74. The molecule has 0 bridgehead atoms. The minimum absolute atomic E-state index is 0.164. The monoisotopic (exact) mass is 307 g/mol. The van der Waals surface area contributed by atoms with Crippen molar-refractivity contribution in [3.05, 3.63) is 23.3 Å². The lowest BCUT2D eigenvalue weighted by Gasteiger charge is -2.04. The van der Waals surface area contributed by atoms with Gasteiger partial charge >= 0.3 is 12.0 Å². The number of nitrogens with zero attached hydrogens (tertiary/aromatic N) is 1. The van der Waals surface area contributed by atoms with Gasteiger partial charge in [0.2, 0.25) is 0 Å². The van der Waals surface area contributed by atoms with Gasteiger partial charge in [-0.15, -0.1) is 0 Å². The van der Waals surface area contributed by atoms with Crippen molar-refractivity contribution in [1.82, 2.24) is 10.3 Å². The fraction of sp³-hybridized carbons (Fsp3) is 0.357. The van der Waals surface area contributed by atoms with Gasteiger partial charge in [-0.3, -0.25) is 10.1 Å². The number of anilines is 1. The number of ether oxygens (including phenoxy) is 1. The molecular weight excluding hydrogens is 290 g/mol. The maximum Gasteiger partial charge on any atom is 0.325 e. The summed E-state index contributed by atoms with van der Waals surface area (Å²) in [6.45, 7) is 5.89. The van der Waals surface area contributed by atoms with Gasteiger partial charge < -0.3 is 10.1 Å². The lowest BCUT2D eigenvalue weighted by atomic mass is 10.1. The molecular formula is C14H17N3O3S. The molecule has 0 radical (unpaired) electrons. The molecule has 0 aliphatic carbocycles. The number of aryl methyl sites for hydroxylation is 2. The number of hydrogen-bond acceptors (Lipinski definition) is 5. The van der Waals surface area contributed by atoms with Crippen molar-refractivity contribution in [2.75, 3.05) is 18.5 Å². The van der Waals surface area contributed by atoms with Crippen LogP contribution in [0.2, 0.25) is 0 Å². The Morgan fingerprint density at radius 1 is 1.29 bits per heavy atom. The quantitative estimate of drug-likeness (QED) is 0.851. The molecule has 2 aromatic rings. The van der Waals surface area contributed by atoms with E-state index in [1.54, 1.807) is 6.92 Å². The number of carbonyl (C=O) groups excluding carboxylic acids is 2. The van der Waals surface area contributed by atoms with E-state index in [2.05, 4.69) is 15.6 Å². The molecule has 2 N–H and O–H groups in total.